The highest BCUT2D eigenvalue weighted by molar-refractivity contribution is 6.20. The minimum atomic E-state index is 0.140. The maximum Gasteiger partial charge on any atom is 0.216 e. The monoisotopic (exact) mass is 270 g/mol. The molecule has 0 aromatic carbocycles. The molecule has 0 saturated carbocycles. The van der Waals surface area contributed by atoms with E-state index in [-0.39, 0.29) is 5.38 Å². The Balaban J connectivity index is 2.58. The minimum absolute atomic E-state index is 0.140. The van der Waals surface area contributed by atoms with Gasteiger partial charge in [-0.15, -0.1) is 11.6 Å². The third-order valence-electron chi connectivity index (χ3n) is 3.28. The van der Waals surface area contributed by atoms with Crippen LogP contribution in [0.2, 0.25) is 0 Å². The molecule has 3 nitrogen and oxygen atoms in total. The van der Waals surface area contributed by atoms with E-state index >= 15 is 0 Å². The van der Waals surface area contributed by atoms with Crippen LogP contribution in [0.3, 0.4) is 0 Å². The highest BCUT2D eigenvalue weighted by atomic mass is 35.5. The van der Waals surface area contributed by atoms with Crippen LogP contribution in [-0.2, 0) is 6.42 Å². The van der Waals surface area contributed by atoms with Crippen molar-refractivity contribution in [2.24, 2.45) is 5.92 Å². The fourth-order valence-corrected chi connectivity index (χ4v) is 2.54. The second kappa shape index (κ2) is 8.30. The molecule has 0 aliphatic heterocycles. The Kier molecular flexibility index (Phi) is 7.02. The van der Waals surface area contributed by atoms with Gasteiger partial charge in [-0.3, -0.25) is 0 Å². The number of ether oxygens (including phenoxy) is 1. The molecule has 4 heteroatoms. The molecule has 0 radical (unpaired) electrons. The third-order valence-corrected chi connectivity index (χ3v) is 3.79. The van der Waals surface area contributed by atoms with Crippen molar-refractivity contribution in [3.63, 3.8) is 0 Å². The second-order valence-corrected chi connectivity index (χ2v) is 5.14. The Morgan fingerprint density at radius 1 is 1.33 bits per heavy atom. The summed E-state index contributed by atoms with van der Waals surface area (Å²) in [5.74, 6) is 1.16. The predicted molar refractivity (Wildman–Crippen MR) is 75.2 cm³/mol. The van der Waals surface area contributed by atoms with Crippen molar-refractivity contribution in [2.45, 2.75) is 51.3 Å². The minimum Gasteiger partial charge on any atom is -0.481 e. The van der Waals surface area contributed by atoms with Crippen LogP contribution in [0, 0.1) is 5.92 Å². The van der Waals surface area contributed by atoms with Crippen LogP contribution in [-0.4, -0.2) is 22.5 Å². The standard InChI is InChI=1S/C14H23ClN2O/c1-4-6-7-11(5-2)13(15)8-12-9-14(18-3)17-10-16-12/h9-11,13H,4-8H2,1-3H3. The average Bonchev–Trinajstić information content (AvgIpc) is 2.40. The topological polar surface area (TPSA) is 35.0 Å². The molecule has 0 amide bonds. The molecule has 18 heavy (non-hydrogen) atoms. The number of halogens is 1. The Morgan fingerprint density at radius 2 is 2.11 bits per heavy atom. The van der Waals surface area contributed by atoms with E-state index in [1.807, 2.05) is 6.07 Å². The number of methoxy groups -OCH3 is 1. The third kappa shape index (κ3) is 4.81. The van der Waals surface area contributed by atoms with Gasteiger partial charge in [0.2, 0.25) is 5.88 Å². The van der Waals surface area contributed by atoms with E-state index in [1.54, 1.807) is 7.11 Å². The van der Waals surface area contributed by atoms with Gasteiger partial charge in [0.25, 0.3) is 0 Å². The lowest BCUT2D eigenvalue weighted by Gasteiger charge is -2.20. The molecule has 0 spiro atoms. The Labute approximate surface area is 115 Å². The van der Waals surface area contributed by atoms with Gasteiger partial charge in [0, 0.05) is 23.6 Å². The van der Waals surface area contributed by atoms with Crippen molar-refractivity contribution >= 4 is 11.6 Å². The van der Waals surface area contributed by atoms with Crippen molar-refractivity contribution in [3.8, 4) is 5.88 Å². The van der Waals surface area contributed by atoms with E-state index in [4.69, 9.17) is 16.3 Å². The molecule has 2 unspecified atom stereocenters. The van der Waals surface area contributed by atoms with Crippen LogP contribution in [0.4, 0.5) is 0 Å². The first-order valence-corrected chi connectivity index (χ1v) is 7.13. The maximum atomic E-state index is 6.51. The number of hydrogen-bond donors (Lipinski definition) is 0. The zero-order valence-electron chi connectivity index (χ0n) is 11.5. The van der Waals surface area contributed by atoms with Crippen LogP contribution < -0.4 is 4.74 Å². The number of rotatable bonds is 8. The first kappa shape index (κ1) is 15.2. The number of unbranched alkanes of at least 4 members (excludes halogenated alkanes) is 1. The van der Waals surface area contributed by atoms with E-state index < -0.39 is 0 Å². The SMILES string of the molecule is CCCCC(CC)C(Cl)Cc1cc(OC)ncn1. The summed E-state index contributed by atoms with van der Waals surface area (Å²) in [7, 11) is 1.61. The van der Waals surface area contributed by atoms with E-state index in [0.717, 1.165) is 18.5 Å². The normalized spacial score (nSPS) is 14.2. The average molecular weight is 271 g/mol. The molecule has 0 fully saturated rings. The summed E-state index contributed by atoms with van der Waals surface area (Å²) in [5.41, 5.74) is 0.955. The quantitative estimate of drug-likeness (QED) is 0.673. The Bertz CT molecular complexity index is 346. The summed E-state index contributed by atoms with van der Waals surface area (Å²) in [6.45, 7) is 4.42. The molecule has 2 atom stereocenters. The summed E-state index contributed by atoms with van der Waals surface area (Å²) >= 11 is 6.51. The van der Waals surface area contributed by atoms with Crippen molar-refractivity contribution in [3.05, 3.63) is 18.1 Å². The fourth-order valence-electron chi connectivity index (χ4n) is 2.07. The number of aromatic nitrogens is 2. The fraction of sp³-hybridized carbons (Fsp3) is 0.714. The van der Waals surface area contributed by atoms with E-state index in [1.165, 1.54) is 25.6 Å². The van der Waals surface area contributed by atoms with E-state index in [9.17, 15) is 0 Å². The lowest BCUT2D eigenvalue weighted by molar-refractivity contribution is 0.394. The molecule has 1 heterocycles. The first-order valence-electron chi connectivity index (χ1n) is 6.70. The lowest BCUT2D eigenvalue weighted by atomic mass is 9.93. The number of nitrogens with zero attached hydrogens (tertiary/aromatic N) is 2. The van der Waals surface area contributed by atoms with Gasteiger partial charge < -0.3 is 4.74 Å². The summed E-state index contributed by atoms with van der Waals surface area (Å²) in [4.78, 5) is 8.25. The second-order valence-electron chi connectivity index (χ2n) is 4.58. The summed E-state index contributed by atoms with van der Waals surface area (Å²) in [6.07, 6.45) is 7.10. The predicted octanol–water partition coefficient (Wildman–Crippen LogP) is 3.85. The van der Waals surface area contributed by atoms with Crippen LogP contribution in [0.25, 0.3) is 0 Å². The van der Waals surface area contributed by atoms with Crippen LogP contribution in [0.5, 0.6) is 5.88 Å². The van der Waals surface area contributed by atoms with Crippen molar-refractivity contribution < 1.29 is 4.74 Å². The smallest absolute Gasteiger partial charge is 0.216 e. The molecule has 1 rings (SSSR count). The van der Waals surface area contributed by atoms with Gasteiger partial charge in [0.15, 0.2) is 0 Å². The van der Waals surface area contributed by atoms with Gasteiger partial charge in [0.1, 0.15) is 6.33 Å². The van der Waals surface area contributed by atoms with Crippen LogP contribution >= 0.6 is 11.6 Å². The lowest BCUT2D eigenvalue weighted by Crippen LogP contribution is -2.17. The van der Waals surface area contributed by atoms with Crippen molar-refractivity contribution in [1.29, 1.82) is 0 Å². The van der Waals surface area contributed by atoms with Gasteiger partial charge in [-0.05, 0) is 12.3 Å². The summed E-state index contributed by atoms with van der Waals surface area (Å²) in [6, 6.07) is 1.86. The zero-order chi connectivity index (χ0) is 13.4. The molecule has 0 N–H and O–H groups in total. The number of hydrogen-bond acceptors (Lipinski definition) is 3. The molecule has 0 aliphatic carbocycles. The summed E-state index contributed by atoms with van der Waals surface area (Å²) < 4.78 is 5.09. The Hall–Kier alpha value is -0.830. The molecule has 0 bridgehead atoms. The number of alkyl halides is 1. The molecular formula is C14H23ClN2O. The van der Waals surface area contributed by atoms with Crippen LogP contribution in [0.15, 0.2) is 12.4 Å². The zero-order valence-corrected chi connectivity index (χ0v) is 12.3. The largest absolute Gasteiger partial charge is 0.481 e. The Morgan fingerprint density at radius 3 is 2.72 bits per heavy atom. The van der Waals surface area contributed by atoms with Crippen molar-refractivity contribution in [2.75, 3.05) is 7.11 Å². The molecule has 0 aliphatic rings. The molecule has 1 aromatic heterocycles. The van der Waals surface area contributed by atoms with Gasteiger partial charge >= 0.3 is 0 Å². The van der Waals surface area contributed by atoms with Gasteiger partial charge in [-0.25, -0.2) is 9.97 Å². The molecule has 1 aromatic rings. The summed E-state index contributed by atoms with van der Waals surface area (Å²) in [5, 5.41) is 0.140. The first-order chi connectivity index (χ1) is 8.71. The van der Waals surface area contributed by atoms with E-state index in [2.05, 4.69) is 23.8 Å². The molecule has 102 valence electrons. The van der Waals surface area contributed by atoms with Crippen molar-refractivity contribution in [1.82, 2.24) is 9.97 Å². The van der Waals surface area contributed by atoms with E-state index in [0.29, 0.717) is 11.8 Å². The maximum absolute atomic E-state index is 6.51. The molecule has 0 saturated heterocycles. The van der Waals surface area contributed by atoms with Crippen LogP contribution in [0.1, 0.15) is 45.2 Å². The van der Waals surface area contributed by atoms with Gasteiger partial charge in [-0.2, -0.15) is 0 Å². The highest BCUT2D eigenvalue weighted by Gasteiger charge is 2.18. The van der Waals surface area contributed by atoms with Gasteiger partial charge in [-0.1, -0.05) is 33.1 Å². The highest BCUT2D eigenvalue weighted by Crippen LogP contribution is 2.24. The van der Waals surface area contributed by atoms with Gasteiger partial charge in [0.05, 0.1) is 7.11 Å². The molecular weight excluding hydrogens is 248 g/mol.